The molecule has 1 saturated heterocycles. The quantitative estimate of drug-likeness (QED) is 0.630. The van der Waals surface area contributed by atoms with Crippen molar-refractivity contribution < 1.29 is 18.8 Å². The Hall–Kier alpha value is -3.28. The Morgan fingerprint density at radius 1 is 0.867 bits per heavy atom. The van der Waals surface area contributed by atoms with E-state index in [0.717, 1.165) is 6.42 Å². The van der Waals surface area contributed by atoms with E-state index in [0.29, 0.717) is 28.8 Å². The largest absolute Gasteiger partial charge is 0.322 e. The van der Waals surface area contributed by atoms with Crippen LogP contribution in [0, 0.1) is 41.3 Å². The number of allylic oxidation sites excluding steroid dienone is 2. The molecule has 2 aromatic carbocycles. The zero-order valence-corrected chi connectivity index (χ0v) is 16.0. The SMILES string of the molecule is O=C(Nc1ccc(F)cc1)c1ccc(N2C(=O)[C@@H]3[C@@H]4C=C[C@H]([C@H]5C[C@H]45)[C@@H]3C2=O)cc1. The van der Waals surface area contributed by atoms with Gasteiger partial charge in [-0.05, 0) is 78.6 Å². The fraction of sp³-hybridized carbons (Fsp3) is 0.292. The van der Waals surface area contributed by atoms with Gasteiger partial charge in [0.1, 0.15) is 5.82 Å². The second kappa shape index (κ2) is 6.11. The maximum absolute atomic E-state index is 13.2. The number of anilines is 2. The molecule has 150 valence electrons. The van der Waals surface area contributed by atoms with Gasteiger partial charge in [0.15, 0.2) is 0 Å². The molecule has 4 aliphatic carbocycles. The van der Waals surface area contributed by atoms with Crippen LogP contribution in [0.25, 0.3) is 0 Å². The molecule has 1 aliphatic heterocycles. The molecule has 2 aromatic rings. The van der Waals surface area contributed by atoms with Crippen molar-refractivity contribution in [2.24, 2.45) is 35.5 Å². The summed E-state index contributed by atoms with van der Waals surface area (Å²) in [5.74, 6) is 0.0826. The van der Waals surface area contributed by atoms with Crippen molar-refractivity contribution in [3.63, 3.8) is 0 Å². The molecule has 3 fully saturated rings. The van der Waals surface area contributed by atoms with Crippen molar-refractivity contribution in [3.8, 4) is 0 Å². The topological polar surface area (TPSA) is 66.5 Å². The smallest absolute Gasteiger partial charge is 0.255 e. The van der Waals surface area contributed by atoms with E-state index in [4.69, 9.17) is 0 Å². The Kier molecular flexibility index (Phi) is 3.58. The highest BCUT2D eigenvalue weighted by Crippen LogP contribution is 2.65. The summed E-state index contributed by atoms with van der Waals surface area (Å²) in [6.45, 7) is 0. The number of hydrogen-bond donors (Lipinski definition) is 1. The first-order valence-electron chi connectivity index (χ1n) is 10.3. The minimum atomic E-state index is -0.376. The van der Waals surface area contributed by atoms with E-state index in [1.807, 2.05) is 0 Å². The van der Waals surface area contributed by atoms with Crippen LogP contribution >= 0.6 is 0 Å². The van der Waals surface area contributed by atoms with E-state index in [1.165, 1.54) is 29.2 Å². The molecular formula is C24H19FN2O3. The van der Waals surface area contributed by atoms with Gasteiger partial charge in [0.25, 0.3) is 5.91 Å². The molecule has 1 heterocycles. The lowest BCUT2D eigenvalue weighted by molar-refractivity contribution is -0.124. The number of nitrogens with one attached hydrogen (secondary N) is 1. The van der Waals surface area contributed by atoms with Gasteiger partial charge < -0.3 is 5.32 Å². The zero-order chi connectivity index (χ0) is 20.6. The molecule has 0 aromatic heterocycles. The Labute approximate surface area is 172 Å². The Morgan fingerprint density at radius 3 is 2.00 bits per heavy atom. The molecule has 3 amide bonds. The van der Waals surface area contributed by atoms with E-state index in [1.54, 1.807) is 24.3 Å². The van der Waals surface area contributed by atoms with E-state index >= 15 is 0 Å². The maximum atomic E-state index is 13.2. The lowest BCUT2D eigenvalue weighted by Gasteiger charge is -2.37. The molecule has 5 nitrogen and oxygen atoms in total. The fourth-order valence-electron chi connectivity index (χ4n) is 5.71. The summed E-state index contributed by atoms with van der Waals surface area (Å²) in [4.78, 5) is 40.1. The number of imide groups is 1. The zero-order valence-electron chi connectivity index (χ0n) is 16.0. The van der Waals surface area contributed by atoms with Crippen molar-refractivity contribution in [2.45, 2.75) is 6.42 Å². The number of rotatable bonds is 3. The fourth-order valence-corrected chi connectivity index (χ4v) is 5.71. The highest BCUT2D eigenvalue weighted by Gasteiger charge is 2.67. The van der Waals surface area contributed by atoms with Crippen molar-refractivity contribution in [2.75, 3.05) is 10.2 Å². The second-order valence-electron chi connectivity index (χ2n) is 8.67. The summed E-state index contributed by atoms with van der Waals surface area (Å²) >= 11 is 0. The van der Waals surface area contributed by atoms with E-state index in [2.05, 4.69) is 17.5 Å². The minimum absolute atomic E-state index is 0.113. The average Bonchev–Trinajstić information content (AvgIpc) is 3.53. The van der Waals surface area contributed by atoms with Gasteiger partial charge in [0.2, 0.25) is 11.8 Å². The normalized spacial score (nSPS) is 32.8. The average molecular weight is 402 g/mol. The van der Waals surface area contributed by atoms with E-state index < -0.39 is 0 Å². The molecule has 1 N–H and O–H groups in total. The highest BCUT2D eigenvalue weighted by molar-refractivity contribution is 6.22. The van der Waals surface area contributed by atoms with Gasteiger partial charge >= 0.3 is 0 Å². The first kappa shape index (κ1) is 17.6. The van der Waals surface area contributed by atoms with Gasteiger partial charge in [-0.25, -0.2) is 4.39 Å². The standard InChI is InChI=1S/C24H19FN2O3/c25-13-3-5-14(6-4-13)26-22(28)12-1-7-15(8-2-12)27-23(29)20-16-9-10-17(19-11-18(16)19)21(20)24(27)30/h1-10,16-21H,11H2,(H,26,28)/t16-,17-,18-,19-,20-,21+/m1/s1. The predicted octanol–water partition coefficient (Wildman–Crippen LogP) is 3.64. The summed E-state index contributed by atoms with van der Waals surface area (Å²) in [6, 6.07) is 12.0. The molecule has 6 heteroatoms. The van der Waals surface area contributed by atoms with Crippen LogP contribution in [0.4, 0.5) is 15.8 Å². The molecule has 0 radical (unpaired) electrons. The lowest BCUT2D eigenvalue weighted by atomic mass is 9.63. The Bertz CT molecular complexity index is 1070. The monoisotopic (exact) mass is 402 g/mol. The molecule has 6 atom stereocenters. The van der Waals surface area contributed by atoms with Gasteiger partial charge in [-0.3, -0.25) is 19.3 Å². The third-order valence-electron chi connectivity index (χ3n) is 7.15. The molecule has 7 rings (SSSR count). The summed E-state index contributed by atoms with van der Waals surface area (Å²) < 4.78 is 13.0. The number of carbonyl (C=O) groups excluding carboxylic acids is 3. The van der Waals surface area contributed by atoms with Crippen molar-refractivity contribution >= 4 is 29.1 Å². The second-order valence-corrected chi connectivity index (χ2v) is 8.67. The number of hydrogen-bond acceptors (Lipinski definition) is 3. The first-order chi connectivity index (χ1) is 14.5. The molecule has 2 saturated carbocycles. The van der Waals surface area contributed by atoms with Gasteiger partial charge in [0, 0.05) is 11.3 Å². The van der Waals surface area contributed by atoms with Crippen LogP contribution in [0.1, 0.15) is 16.8 Å². The molecule has 30 heavy (non-hydrogen) atoms. The van der Waals surface area contributed by atoms with Crippen LogP contribution in [0.5, 0.6) is 0 Å². The lowest BCUT2D eigenvalue weighted by Crippen LogP contribution is -2.40. The molecule has 0 spiro atoms. The molecule has 2 bridgehead atoms. The van der Waals surface area contributed by atoms with Gasteiger partial charge in [-0.2, -0.15) is 0 Å². The van der Waals surface area contributed by atoms with Gasteiger partial charge in [-0.15, -0.1) is 0 Å². The van der Waals surface area contributed by atoms with Gasteiger partial charge in [-0.1, -0.05) is 12.2 Å². The predicted molar refractivity (Wildman–Crippen MR) is 108 cm³/mol. The van der Waals surface area contributed by atoms with Crippen molar-refractivity contribution in [1.82, 2.24) is 0 Å². The summed E-state index contributed by atoms with van der Waals surface area (Å²) in [5, 5.41) is 2.70. The first-order valence-corrected chi connectivity index (χ1v) is 10.3. The van der Waals surface area contributed by atoms with Crippen LogP contribution in [-0.4, -0.2) is 17.7 Å². The molecular weight excluding hydrogens is 383 g/mol. The van der Waals surface area contributed by atoms with Gasteiger partial charge in [0.05, 0.1) is 17.5 Å². The number of carbonyl (C=O) groups is 3. The van der Waals surface area contributed by atoms with Crippen LogP contribution in [0.2, 0.25) is 0 Å². The number of halogens is 1. The van der Waals surface area contributed by atoms with Crippen LogP contribution in [0.3, 0.4) is 0 Å². The van der Waals surface area contributed by atoms with Crippen LogP contribution in [-0.2, 0) is 9.59 Å². The maximum Gasteiger partial charge on any atom is 0.255 e. The van der Waals surface area contributed by atoms with E-state index in [-0.39, 0.29) is 47.2 Å². The van der Waals surface area contributed by atoms with E-state index in [9.17, 15) is 18.8 Å². The Morgan fingerprint density at radius 2 is 1.43 bits per heavy atom. The summed E-state index contributed by atoms with van der Waals surface area (Å²) in [6.07, 6.45) is 5.43. The van der Waals surface area contributed by atoms with Crippen LogP contribution in [0.15, 0.2) is 60.7 Å². The third-order valence-corrected chi connectivity index (χ3v) is 7.15. The Balaban J connectivity index is 1.23. The number of amides is 3. The highest BCUT2D eigenvalue weighted by atomic mass is 19.1. The van der Waals surface area contributed by atoms with Crippen LogP contribution < -0.4 is 10.2 Å². The van der Waals surface area contributed by atoms with Crippen molar-refractivity contribution in [1.29, 1.82) is 0 Å². The summed E-state index contributed by atoms with van der Waals surface area (Å²) in [7, 11) is 0. The minimum Gasteiger partial charge on any atom is -0.322 e. The molecule has 5 aliphatic rings. The van der Waals surface area contributed by atoms with Crippen molar-refractivity contribution in [3.05, 3.63) is 72.1 Å². The molecule has 0 unspecified atom stereocenters. The number of benzene rings is 2. The number of nitrogens with zero attached hydrogens (tertiary/aromatic N) is 1. The summed E-state index contributed by atoms with van der Waals surface area (Å²) in [5.41, 5.74) is 1.38. The third kappa shape index (κ3) is 2.43.